The van der Waals surface area contributed by atoms with Crippen LogP contribution in [0.3, 0.4) is 0 Å². The summed E-state index contributed by atoms with van der Waals surface area (Å²) in [6, 6.07) is 9.20. The fourth-order valence-corrected chi connectivity index (χ4v) is 3.50. The first-order chi connectivity index (χ1) is 10.3. The van der Waals surface area contributed by atoms with Crippen LogP contribution in [0, 0.1) is 0 Å². The van der Waals surface area contributed by atoms with E-state index in [9.17, 15) is 0 Å². The Morgan fingerprint density at radius 2 is 2.14 bits per heavy atom. The van der Waals surface area contributed by atoms with Gasteiger partial charge in [0.25, 0.3) is 0 Å². The fraction of sp³-hybridized carbons (Fsp3) is 0.556. The van der Waals surface area contributed by atoms with Crippen molar-refractivity contribution < 1.29 is 4.74 Å². The number of fused-ring (bicyclic) bond motifs is 1. The topological polar surface area (TPSA) is 37.0 Å². The van der Waals surface area contributed by atoms with Crippen LogP contribution in [0.5, 0.6) is 0 Å². The predicted molar refractivity (Wildman–Crippen MR) is 87.4 cm³/mol. The average Bonchev–Trinajstić information content (AvgIpc) is 3.02. The summed E-state index contributed by atoms with van der Waals surface area (Å²) in [6.45, 7) is 6.30. The first kappa shape index (κ1) is 14.6. The number of hydrogen-bond donors (Lipinski definition) is 2. The average molecular weight is 286 g/mol. The van der Waals surface area contributed by atoms with Crippen molar-refractivity contribution in [3.8, 4) is 0 Å². The highest BCUT2D eigenvalue weighted by Gasteiger charge is 2.34. The number of ether oxygens (including phenoxy) is 1. The molecule has 0 amide bonds. The van der Waals surface area contributed by atoms with E-state index in [2.05, 4.69) is 48.4 Å². The van der Waals surface area contributed by atoms with Crippen LogP contribution in [0.1, 0.15) is 45.1 Å². The highest BCUT2D eigenvalue weighted by Crippen LogP contribution is 2.31. The van der Waals surface area contributed by atoms with Gasteiger partial charge in [0, 0.05) is 36.3 Å². The SMILES string of the molecule is CCC1(CC)CC(NCc2cccc3[nH]ccc23)CCO1. The number of benzene rings is 1. The van der Waals surface area contributed by atoms with Gasteiger partial charge in [-0.05, 0) is 43.4 Å². The molecule has 1 aliphatic heterocycles. The van der Waals surface area contributed by atoms with Gasteiger partial charge in [-0.1, -0.05) is 26.0 Å². The zero-order valence-corrected chi connectivity index (χ0v) is 13.1. The Labute approximate surface area is 127 Å². The molecule has 114 valence electrons. The van der Waals surface area contributed by atoms with E-state index < -0.39 is 0 Å². The Morgan fingerprint density at radius 3 is 2.95 bits per heavy atom. The lowest BCUT2D eigenvalue weighted by Gasteiger charge is -2.40. The molecule has 1 saturated heterocycles. The van der Waals surface area contributed by atoms with Gasteiger partial charge in [0.2, 0.25) is 0 Å². The zero-order valence-electron chi connectivity index (χ0n) is 13.1. The molecule has 21 heavy (non-hydrogen) atoms. The van der Waals surface area contributed by atoms with E-state index >= 15 is 0 Å². The van der Waals surface area contributed by atoms with Crippen LogP contribution in [0.25, 0.3) is 10.9 Å². The molecule has 2 aromatic rings. The summed E-state index contributed by atoms with van der Waals surface area (Å²) < 4.78 is 6.06. The summed E-state index contributed by atoms with van der Waals surface area (Å²) in [4.78, 5) is 3.28. The number of rotatable bonds is 5. The number of aromatic amines is 1. The molecule has 3 heteroatoms. The first-order valence-corrected chi connectivity index (χ1v) is 8.18. The molecule has 1 unspecified atom stereocenters. The summed E-state index contributed by atoms with van der Waals surface area (Å²) in [5.41, 5.74) is 2.69. The van der Waals surface area contributed by atoms with E-state index in [1.807, 2.05) is 6.20 Å². The van der Waals surface area contributed by atoms with Crippen LogP contribution in [0.15, 0.2) is 30.5 Å². The molecule has 1 aromatic carbocycles. The molecule has 2 heterocycles. The zero-order chi connectivity index (χ0) is 14.7. The van der Waals surface area contributed by atoms with Crippen LogP contribution in [0.2, 0.25) is 0 Å². The second-order valence-corrected chi connectivity index (χ2v) is 6.17. The van der Waals surface area contributed by atoms with Crippen molar-refractivity contribution in [2.75, 3.05) is 6.61 Å². The van der Waals surface area contributed by atoms with Crippen molar-refractivity contribution in [3.05, 3.63) is 36.0 Å². The summed E-state index contributed by atoms with van der Waals surface area (Å²) in [5.74, 6) is 0. The molecule has 0 aliphatic carbocycles. The Morgan fingerprint density at radius 1 is 1.29 bits per heavy atom. The van der Waals surface area contributed by atoms with E-state index in [1.165, 1.54) is 16.5 Å². The number of H-pyrrole nitrogens is 1. The van der Waals surface area contributed by atoms with E-state index in [1.54, 1.807) is 0 Å². The van der Waals surface area contributed by atoms with Gasteiger partial charge in [-0.15, -0.1) is 0 Å². The molecule has 1 fully saturated rings. The van der Waals surface area contributed by atoms with Gasteiger partial charge in [0.15, 0.2) is 0 Å². The number of aromatic nitrogens is 1. The summed E-state index contributed by atoms with van der Waals surface area (Å²) in [5, 5.41) is 5.08. The number of nitrogens with one attached hydrogen (secondary N) is 2. The minimum Gasteiger partial charge on any atom is -0.375 e. The quantitative estimate of drug-likeness (QED) is 0.872. The van der Waals surface area contributed by atoms with Gasteiger partial charge in [-0.25, -0.2) is 0 Å². The van der Waals surface area contributed by atoms with Gasteiger partial charge in [-0.2, -0.15) is 0 Å². The lowest BCUT2D eigenvalue weighted by Crippen LogP contribution is -2.46. The second kappa shape index (κ2) is 6.20. The number of hydrogen-bond acceptors (Lipinski definition) is 2. The predicted octanol–water partition coefficient (Wildman–Crippen LogP) is 4.00. The molecule has 0 radical (unpaired) electrons. The minimum atomic E-state index is 0.0933. The van der Waals surface area contributed by atoms with E-state index in [-0.39, 0.29) is 5.60 Å². The first-order valence-electron chi connectivity index (χ1n) is 8.18. The third kappa shape index (κ3) is 2.99. The van der Waals surface area contributed by atoms with Crippen molar-refractivity contribution in [3.63, 3.8) is 0 Å². The minimum absolute atomic E-state index is 0.0933. The van der Waals surface area contributed by atoms with Crippen molar-refractivity contribution >= 4 is 10.9 Å². The van der Waals surface area contributed by atoms with Crippen molar-refractivity contribution in [1.29, 1.82) is 0 Å². The lowest BCUT2D eigenvalue weighted by molar-refractivity contribution is -0.0932. The smallest absolute Gasteiger partial charge is 0.0692 e. The van der Waals surface area contributed by atoms with E-state index in [0.717, 1.165) is 38.8 Å². The van der Waals surface area contributed by atoms with Gasteiger partial charge >= 0.3 is 0 Å². The van der Waals surface area contributed by atoms with E-state index in [0.29, 0.717) is 6.04 Å². The molecule has 1 aromatic heterocycles. The monoisotopic (exact) mass is 286 g/mol. The van der Waals surface area contributed by atoms with Crippen LogP contribution >= 0.6 is 0 Å². The normalized spacial score (nSPS) is 21.7. The van der Waals surface area contributed by atoms with Crippen molar-refractivity contribution in [2.45, 2.75) is 57.7 Å². The maximum atomic E-state index is 6.06. The van der Waals surface area contributed by atoms with E-state index in [4.69, 9.17) is 4.74 Å². The lowest BCUT2D eigenvalue weighted by atomic mass is 9.86. The molecule has 3 rings (SSSR count). The molecule has 1 atom stereocenters. The highest BCUT2D eigenvalue weighted by molar-refractivity contribution is 5.82. The standard InChI is InChI=1S/C18H26N2O/c1-3-18(4-2)12-15(9-11-21-18)20-13-14-6-5-7-17-16(14)8-10-19-17/h5-8,10,15,19-20H,3-4,9,11-13H2,1-2H3. The van der Waals surface area contributed by atoms with Crippen molar-refractivity contribution in [2.24, 2.45) is 0 Å². The van der Waals surface area contributed by atoms with Gasteiger partial charge in [-0.3, -0.25) is 0 Å². The Balaban J connectivity index is 1.66. The van der Waals surface area contributed by atoms with Crippen molar-refractivity contribution in [1.82, 2.24) is 10.3 Å². The Kier molecular flexibility index (Phi) is 4.32. The fourth-order valence-electron chi connectivity index (χ4n) is 3.50. The maximum Gasteiger partial charge on any atom is 0.0692 e. The summed E-state index contributed by atoms with van der Waals surface area (Å²) in [7, 11) is 0. The molecule has 2 N–H and O–H groups in total. The Bertz CT molecular complexity index is 586. The summed E-state index contributed by atoms with van der Waals surface area (Å²) in [6.07, 6.45) is 6.47. The van der Waals surface area contributed by atoms with Crippen LogP contribution in [0.4, 0.5) is 0 Å². The molecule has 1 aliphatic rings. The Hall–Kier alpha value is -1.32. The van der Waals surface area contributed by atoms with Gasteiger partial charge in [0.05, 0.1) is 5.60 Å². The van der Waals surface area contributed by atoms with Crippen LogP contribution in [-0.2, 0) is 11.3 Å². The molecular weight excluding hydrogens is 260 g/mol. The second-order valence-electron chi connectivity index (χ2n) is 6.17. The van der Waals surface area contributed by atoms with Gasteiger partial charge in [0.1, 0.15) is 0 Å². The van der Waals surface area contributed by atoms with Crippen LogP contribution in [-0.4, -0.2) is 23.2 Å². The van der Waals surface area contributed by atoms with Gasteiger partial charge < -0.3 is 15.0 Å². The van der Waals surface area contributed by atoms with Crippen LogP contribution < -0.4 is 5.32 Å². The largest absolute Gasteiger partial charge is 0.375 e. The molecule has 0 bridgehead atoms. The molecule has 0 spiro atoms. The third-order valence-electron chi connectivity index (χ3n) is 5.05. The maximum absolute atomic E-state index is 6.06. The molecule has 3 nitrogen and oxygen atoms in total. The summed E-state index contributed by atoms with van der Waals surface area (Å²) >= 11 is 0. The molecular formula is C18H26N2O. The molecule has 0 saturated carbocycles. The highest BCUT2D eigenvalue weighted by atomic mass is 16.5. The third-order valence-corrected chi connectivity index (χ3v) is 5.05.